The number of aliphatic hydroxyl groups excluding tert-OH is 1. The van der Waals surface area contributed by atoms with Gasteiger partial charge in [0.15, 0.2) is 0 Å². The van der Waals surface area contributed by atoms with Crippen LogP contribution in [0.4, 0.5) is 10.6 Å². The minimum absolute atomic E-state index is 0.00207. The number of rotatable bonds is 11. The Labute approximate surface area is 509 Å². The molecule has 1 fully saturated rings. The standard InChI is InChI=1S/C55H55N13O11S6/c1-24(2)39-53-68-42(35(85-53)19-78-5)46(73)57-18-38(70)65-43(44(71)26-9-7-6-8-10-26)52-62-34(22-82-52)50-60-32(20-81-50)41-29(15-16-30(58-41)49-63-36(23-83-49)64-55(77)79-28-13-11-27(12-14-28)54(75)76)48-61-33(21-80-48)45(72)59-31(17-37(69)56-4)51-67-40(25(3)84-51)47(74)66-39/h6-10,15-16,20-24,27-28,31,39,43-44,71H,11-14,17-19H2,1-5H3,(H,56,69)(H,57,73)(H,59,72)(H,64,77)(H,65,70)(H,66,74)(H,75,76)/t27-,28+,31-,39-,43-,44-/m0/s1. The maximum atomic E-state index is 14.3. The van der Waals surface area contributed by atoms with E-state index < -0.39 is 84.4 Å². The third-order valence-electron chi connectivity index (χ3n) is 13.8. The molecule has 0 radical (unpaired) electrons. The number of carboxylic acid groups (broad SMARTS) is 1. The second kappa shape index (κ2) is 26.6. The van der Waals surface area contributed by atoms with Crippen molar-refractivity contribution in [2.75, 3.05) is 26.0 Å². The van der Waals surface area contributed by atoms with Crippen LogP contribution in [-0.2, 0) is 30.5 Å². The number of thiazole rings is 6. The molecule has 8 N–H and O–H groups in total. The number of aliphatic hydroxyl groups is 1. The number of carbonyl (C=O) groups is 7. The van der Waals surface area contributed by atoms with E-state index in [1.165, 1.54) is 59.5 Å². The molecular weight excluding hydrogens is 1210 g/mol. The first-order chi connectivity index (χ1) is 40.9. The number of benzene rings is 1. The summed E-state index contributed by atoms with van der Waals surface area (Å²) in [5.41, 5.74) is 2.60. The van der Waals surface area contributed by atoms with Crippen molar-refractivity contribution in [3.8, 4) is 43.4 Å². The second-order valence-electron chi connectivity index (χ2n) is 20.0. The van der Waals surface area contributed by atoms with Gasteiger partial charge in [-0.1, -0.05) is 44.2 Å². The smallest absolute Gasteiger partial charge is 0.413 e. The van der Waals surface area contributed by atoms with Gasteiger partial charge in [-0.15, -0.1) is 68.0 Å². The summed E-state index contributed by atoms with van der Waals surface area (Å²) in [6.45, 7) is 4.94. The summed E-state index contributed by atoms with van der Waals surface area (Å²) in [6, 6.07) is 9.42. The zero-order valence-electron chi connectivity index (χ0n) is 46.0. The van der Waals surface area contributed by atoms with Crippen molar-refractivity contribution in [3.63, 3.8) is 0 Å². The maximum absolute atomic E-state index is 14.3. The highest BCUT2D eigenvalue weighted by molar-refractivity contribution is 7.15. The van der Waals surface area contributed by atoms with Crippen LogP contribution in [-0.4, -0.2) is 114 Å². The number of nitrogens with one attached hydrogen (secondary N) is 6. The van der Waals surface area contributed by atoms with Gasteiger partial charge in [0.2, 0.25) is 11.8 Å². The molecule has 6 amide bonds. The largest absolute Gasteiger partial charge is 0.481 e. The van der Waals surface area contributed by atoms with E-state index in [0.29, 0.717) is 94.4 Å². The highest BCUT2D eigenvalue weighted by atomic mass is 32.1. The maximum Gasteiger partial charge on any atom is 0.413 e. The van der Waals surface area contributed by atoms with Gasteiger partial charge in [0.05, 0.1) is 48.1 Å². The van der Waals surface area contributed by atoms with E-state index in [-0.39, 0.29) is 46.9 Å². The average molecular weight is 1270 g/mol. The van der Waals surface area contributed by atoms with Crippen molar-refractivity contribution in [1.82, 2.24) is 61.5 Å². The monoisotopic (exact) mass is 1270 g/mol. The summed E-state index contributed by atoms with van der Waals surface area (Å²) >= 11 is 7.11. The Kier molecular flexibility index (Phi) is 18.9. The number of methoxy groups -OCH3 is 1. The fourth-order valence-corrected chi connectivity index (χ4v) is 14.9. The number of carbonyl (C=O) groups excluding carboxylic acids is 6. The highest BCUT2D eigenvalue weighted by Gasteiger charge is 2.34. The number of aromatic nitrogens is 7. The Morgan fingerprint density at radius 3 is 2.14 bits per heavy atom. The van der Waals surface area contributed by atoms with Gasteiger partial charge in [-0.05, 0) is 56.2 Å². The molecule has 1 aromatic carbocycles. The fraction of sp³-hybridized carbons (Fsp3) is 0.345. The number of aliphatic carboxylic acids is 1. The average Bonchev–Trinajstić information content (AvgIpc) is 4.56. The van der Waals surface area contributed by atoms with Gasteiger partial charge in [0.25, 0.3) is 17.7 Å². The number of anilines is 1. The van der Waals surface area contributed by atoms with Crippen molar-refractivity contribution < 1.29 is 53.2 Å². The number of hydrogen-bond acceptors (Lipinski definition) is 23. The molecule has 8 heterocycles. The van der Waals surface area contributed by atoms with Gasteiger partial charge in [0.1, 0.15) is 88.3 Å². The zero-order valence-corrected chi connectivity index (χ0v) is 50.9. The summed E-state index contributed by atoms with van der Waals surface area (Å²) < 4.78 is 11.1. The van der Waals surface area contributed by atoms with E-state index in [1.807, 2.05) is 13.8 Å². The van der Waals surface area contributed by atoms with Gasteiger partial charge in [-0.3, -0.25) is 34.1 Å². The van der Waals surface area contributed by atoms with Crippen LogP contribution in [0.1, 0.15) is 132 Å². The van der Waals surface area contributed by atoms with E-state index in [2.05, 4.69) is 46.9 Å². The van der Waals surface area contributed by atoms with E-state index in [1.54, 1.807) is 70.9 Å². The summed E-state index contributed by atoms with van der Waals surface area (Å²) in [5.74, 6) is -4.29. The van der Waals surface area contributed by atoms with Crippen LogP contribution in [0.25, 0.3) is 43.4 Å². The van der Waals surface area contributed by atoms with Gasteiger partial charge in [0, 0.05) is 46.1 Å². The topological polar surface area (TPSA) is 341 Å². The minimum atomic E-state index is -1.28. The Morgan fingerprint density at radius 2 is 1.40 bits per heavy atom. The van der Waals surface area contributed by atoms with Crippen LogP contribution < -0.4 is 31.9 Å². The molecule has 24 nitrogen and oxygen atoms in total. The predicted molar refractivity (Wildman–Crippen MR) is 320 cm³/mol. The lowest BCUT2D eigenvalue weighted by Gasteiger charge is -2.25. The first kappa shape index (κ1) is 60.3. The summed E-state index contributed by atoms with van der Waals surface area (Å²) in [6.07, 6.45) is -1.01. The molecule has 7 aromatic heterocycles. The molecule has 30 heteroatoms. The van der Waals surface area contributed by atoms with Crippen molar-refractivity contribution >= 4 is 115 Å². The number of nitrogens with zero attached hydrogens (tertiary/aromatic N) is 7. The molecule has 0 spiro atoms. The molecule has 8 aromatic rings. The van der Waals surface area contributed by atoms with Crippen LogP contribution >= 0.6 is 68.0 Å². The molecule has 1 aliphatic heterocycles. The van der Waals surface area contributed by atoms with E-state index in [9.17, 15) is 43.8 Å². The molecule has 2 aliphatic rings. The van der Waals surface area contributed by atoms with Gasteiger partial charge in [-0.25, -0.2) is 39.7 Å². The van der Waals surface area contributed by atoms with Crippen molar-refractivity contribution in [1.29, 1.82) is 0 Å². The van der Waals surface area contributed by atoms with Gasteiger partial charge in [-0.2, -0.15) is 0 Å². The molecule has 10 rings (SSSR count). The molecule has 0 saturated heterocycles. The van der Waals surface area contributed by atoms with Crippen LogP contribution in [0.2, 0.25) is 0 Å². The number of ether oxygens (including phenoxy) is 2. The number of carboxylic acids is 1. The van der Waals surface area contributed by atoms with Crippen molar-refractivity contribution in [2.24, 2.45) is 11.8 Å². The van der Waals surface area contributed by atoms with Crippen LogP contribution in [0.3, 0.4) is 0 Å². The van der Waals surface area contributed by atoms with Crippen molar-refractivity contribution in [3.05, 3.63) is 111 Å². The quantitative estimate of drug-likeness (QED) is 0.0601. The summed E-state index contributed by atoms with van der Waals surface area (Å²) in [5, 5.41) is 47.1. The third kappa shape index (κ3) is 14.0. The first-order valence-electron chi connectivity index (χ1n) is 26.6. The molecule has 4 atom stereocenters. The third-order valence-corrected chi connectivity index (χ3v) is 19.5. The SMILES string of the molecule is CNC(=O)C[C@@H]1NC(=O)c2csc(n2)-c2ccc(-c3nc(NC(=O)O[C@H]4CC[C@@H](C(=O)O)CC4)cs3)nc2-c2csc(n2)-c2csc(n2)[C@H]([C@@H](O)c2ccccc2)NC(=O)CNC(=O)c2nc(sc2COC)[C@H](C(C)C)NC(=O)c2nc1sc2C. The number of fused-ring (bicyclic) bond motifs is 14. The van der Waals surface area contributed by atoms with Gasteiger partial charge >= 0.3 is 12.1 Å². The first-order valence-corrected chi connectivity index (χ1v) is 31.7. The minimum Gasteiger partial charge on any atom is -0.481 e. The van der Waals surface area contributed by atoms with Crippen LogP contribution in [0.5, 0.6) is 0 Å². The summed E-state index contributed by atoms with van der Waals surface area (Å²) in [4.78, 5) is 129. The zero-order chi connectivity index (χ0) is 60.1. The Hall–Kier alpha value is -7.84. The molecule has 442 valence electrons. The normalized spacial score (nSPS) is 19.0. The Bertz CT molecular complexity index is 3790. The second-order valence-corrected chi connectivity index (χ2v) is 25.8. The van der Waals surface area contributed by atoms with Crippen LogP contribution in [0, 0.1) is 18.8 Å². The lowest BCUT2D eigenvalue weighted by molar-refractivity contribution is -0.143. The number of amides is 6. The molecule has 10 bridgehead atoms. The fourth-order valence-electron chi connectivity index (χ4n) is 9.35. The van der Waals surface area contributed by atoms with E-state index in [0.717, 1.165) is 22.7 Å². The highest BCUT2D eigenvalue weighted by Crippen LogP contribution is 2.40. The molecule has 1 aliphatic carbocycles. The van der Waals surface area contributed by atoms with Crippen molar-refractivity contribution in [2.45, 2.75) is 89.8 Å². The Morgan fingerprint density at radius 1 is 0.694 bits per heavy atom. The molecular formula is C55H55N13O11S6. The summed E-state index contributed by atoms with van der Waals surface area (Å²) in [7, 11) is 2.93. The predicted octanol–water partition coefficient (Wildman–Crippen LogP) is 8.50. The lowest BCUT2D eigenvalue weighted by Crippen LogP contribution is -2.40. The van der Waals surface area contributed by atoms with E-state index >= 15 is 0 Å². The van der Waals surface area contributed by atoms with E-state index in [4.69, 9.17) is 29.4 Å². The number of pyridine rings is 1. The van der Waals surface area contributed by atoms with Gasteiger partial charge < -0.3 is 46.3 Å². The Balaban J connectivity index is 1.02. The van der Waals surface area contributed by atoms with Crippen LogP contribution in [0.15, 0.2) is 64.0 Å². The molecule has 85 heavy (non-hydrogen) atoms. The lowest BCUT2D eigenvalue weighted by atomic mass is 9.87. The number of hydrogen-bond donors (Lipinski definition) is 8. The number of aryl methyl sites for hydroxylation is 1. The molecule has 1 saturated carbocycles. The molecule has 0 unspecified atom stereocenters.